The molecule has 2 rings (SSSR count). The van der Waals surface area contributed by atoms with Crippen LogP contribution in [-0.2, 0) is 0 Å². The van der Waals surface area contributed by atoms with E-state index in [4.69, 9.17) is 11.5 Å². The second-order valence-corrected chi connectivity index (χ2v) is 5.07. The Morgan fingerprint density at radius 2 is 2.33 bits per heavy atom. The Labute approximate surface area is 107 Å². The lowest BCUT2D eigenvalue weighted by molar-refractivity contribution is 0.100. The molecule has 1 aromatic heterocycles. The number of carbonyl (C=O) groups is 1. The summed E-state index contributed by atoms with van der Waals surface area (Å²) in [7, 11) is 0. The highest BCUT2D eigenvalue weighted by Crippen LogP contribution is 2.31. The van der Waals surface area contributed by atoms with Crippen molar-refractivity contribution in [1.29, 1.82) is 0 Å². The Morgan fingerprint density at radius 1 is 1.56 bits per heavy atom. The summed E-state index contributed by atoms with van der Waals surface area (Å²) >= 11 is 0. The van der Waals surface area contributed by atoms with Gasteiger partial charge in [-0.05, 0) is 24.3 Å². The van der Waals surface area contributed by atoms with Gasteiger partial charge in [0.05, 0.1) is 17.4 Å². The molecule has 18 heavy (non-hydrogen) atoms. The average Bonchev–Trinajstić information content (AvgIpc) is 2.73. The molecule has 1 amide bonds. The molecule has 0 saturated heterocycles. The van der Waals surface area contributed by atoms with Crippen LogP contribution in [0.1, 0.15) is 36.5 Å². The first-order chi connectivity index (χ1) is 8.58. The summed E-state index contributed by atoms with van der Waals surface area (Å²) in [6, 6.07) is 1.62. The Bertz CT molecular complexity index is 447. The molecular weight excluding hydrogens is 228 g/mol. The largest absolute Gasteiger partial charge is 0.397 e. The number of rotatable bonds is 4. The zero-order valence-corrected chi connectivity index (χ0v) is 10.6. The number of hydrogen-bond acceptors (Lipinski definition) is 4. The summed E-state index contributed by atoms with van der Waals surface area (Å²) in [6.07, 6.45) is 5.33. The molecule has 0 aliphatic heterocycles. The van der Waals surface area contributed by atoms with Gasteiger partial charge >= 0.3 is 0 Å². The number of primary amides is 1. The SMILES string of the molecule is CC1CCCC1CNc1cc(C(N)=O)c(N)cn1. The number of nitrogen functional groups attached to an aromatic ring is 1. The highest BCUT2D eigenvalue weighted by molar-refractivity contribution is 5.98. The molecule has 1 aliphatic carbocycles. The monoisotopic (exact) mass is 248 g/mol. The molecule has 1 heterocycles. The van der Waals surface area contributed by atoms with Crippen LogP contribution in [0.4, 0.5) is 11.5 Å². The van der Waals surface area contributed by atoms with Crippen LogP contribution in [0.25, 0.3) is 0 Å². The second kappa shape index (κ2) is 5.25. The Kier molecular flexibility index (Phi) is 3.69. The van der Waals surface area contributed by atoms with Crippen LogP contribution in [-0.4, -0.2) is 17.4 Å². The van der Waals surface area contributed by atoms with Crippen LogP contribution < -0.4 is 16.8 Å². The first-order valence-electron chi connectivity index (χ1n) is 6.37. The Morgan fingerprint density at radius 3 is 2.94 bits per heavy atom. The summed E-state index contributed by atoms with van der Waals surface area (Å²) in [5.41, 5.74) is 11.5. The van der Waals surface area contributed by atoms with E-state index >= 15 is 0 Å². The number of nitrogens with one attached hydrogen (secondary N) is 1. The van der Waals surface area contributed by atoms with E-state index in [1.165, 1.54) is 25.5 Å². The number of amides is 1. The summed E-state index contributed by atoms with van der Waals surface area (Å²) < 4.78 is 0. The van der Waals surface area contributed by atoms with Crippen molar-refractivity contribution in [3.05, 3.63) is 17.8 Å². The maximum absolute atomic E-state index is 11.2. The first-order valence-corrected chi connectivity index (χ1v) is 6.37. The van der Waals surface area contributed by atoms with Crippen LogP contribution in [0.5, 0.6) is 0 Å². The molecule has 2 atom stereocenters. The van der Waals surface area contributed by atoms with Gasteiger partial charge in [-0.25, -0.2) is 4.98 Å². The minimum Gasteiger partial charge on any atom is -0.397 e. The number of nitrogens with two attached hydrogens (primary N) is 2. The molecule has 0 radical (unpaired) electrons. The second-order valence-electron chi connectivity index (χ2n) is 5.07. The molecule has 0 spiro atoms. The van der Waals surface area contributed by atoms with Gasteiger partial charge in [-0.2, -0.15) is 0 Å². The zero-order chi connectivity index (χ0) is 13.1. The summed E-state index contributed by atoms with van der Waals surface area (Å²) in [5, 5.41) is 3.27. The number of aromatic nitrogens is 1. The van der Waals surface area contributed by atoms with E-state index in [0.29, 0.717) is 23.0 Å². The standard InChI is InChI=1S/C13H20N4O/c1-8-3-2-4-9(8)6-16-12-5-10(13(15)18)11(14)7-17-12/h5,7-9H,2-4,6,14H2,1H3,(H2,15,18)(H,16,17). The normalized spacial score (nSPS) is 22.9. The molecule has 98 valence electrons. The van der Waals surface area contributed by atoms with Crippen LogP contribution in [0.15, 0.2) is 12.3 Å². The predicted molar refractivity (Wildman–Crippen MR) is 72.2 cm³/mol. The number of anilines is 2. The van der Waals surface area contributed by atoms with E-state index in [9.17, 15) is 4.79 Å². The highest BCUT2D eigenvalue weighted by atomic mass is 16.1. The fraction of sp³-hybridized carbons (Fsp3) is 0.538. The summed E-state index contributed by atoms with van der Waals surface area (Å²) in [6.45, 7) is 3.17. The van der Waals surface area contributed by atoms with Crippen molar-refractivity contribution in [3.8, 4) is 0 Å². The first kappa shape index (κ1) is 12.7. The minimum absolute atomic E-state index is 0.322. The molecule has 5 N–H and O–H groups in total. The quantitative estimate of drug-likeness (QED) is 0.754. The van der Waals surface area contributed by atoms with Crippen molar-refractivity contribution in [3.63, 3.8) is 0 Å². The number of pyridine rings is 1. The maximum atomic E-state index is 11.2. The lowest BCUT2D eigenvalue weighted by Crippen LogP contribution is -2.18. The smallest absolute Gasteiger partial charge is 0.250 e. The predicted octanol–water partition coefficient (Wildman–Crippen LogP) is 1.61. The zero-order valence-electron chi connectivity index (χ0n) is 10.6. The molecule has 1 aromatic rings. The fourth-order valence-corrected chi connectivity index (χ4v) is 2.54. The Hall–Kier alpha value is -1.78. The molecule has 0 bridgehead atoms. The van der Waals surface area contributed by atoms with Crippen LogP contribution in [0.3, 0.4) is 0 Å². The van der Waals surface area contributed by atoms with E-state index in [1.54, 1.807) is 6.07 Å². The molecule has 2 unspecified atom stereocenters. The van der Waals surface area contributed by atoms with Gasteiger partial charge in [0.1, 0.15) is 5.82 Å². The van der Waals surface area contributed by atoms with Crippen LogP contribution >= 0.6 is 0 Å². The van der Waals surface area contributed by atoms with Crippen molar-refractivity contribution in [2.24, 2.45) is 17.6 Å². The lowest BCUT2D eigenvalue weighted by atomic mass is 9.98. The molecule has 1 fully saturated rings. The lowest BCUT2D eigenvalue weighted by Gasteiger charge is -2.16. The third kappa shape index (κ3) is 2.72. The maximum Gasteiger partial charge on any atom is 0.250 e. The summed E-state index contributed by atoms with van der Waals surface area (Å²) in [4.78, 5) is 15.3. The molecule has 5 nitrogen and oxygen atoms in total. The van der Waals surface area contributed by atoms with Crippen molar-refractivity contribution in [1.82, 2.24) is 4.98 Å². The van der Waals surface area contributed by atoms with Crippen LogP contribution in [0, 0.1) is 11.8 Å². The van der Waals surface area contributed by atoms with Gasteiger partial charge in [0.2, 0.25) is 0 Å². The van der Waals surface area contributed by atoms with E-state index in [-0.39, 0.29) is 0 Å². The van der Waals surface area contributed by atoms with Crippen molar-refractivity contribution >= 4 is 17.4 Å². The third-order valence-corrected chi connectivity index (χ3v) is 3.78. The molecule has 5 heteroatoms. The molecule has 1 aliphatic rings. The van der Waals surface area contributed by atoms with Crippen LogP contribution in [0.2, 0.25) is 0 Å². The van der Waals surface area contributed by atoms with E-state index < -0.39 is 5.91 Å². The van der Waals surface area contributed by atoms with Crippen molar-refractivity contribution in [2.45, 2.75) is 26.2 Å². The molecule has 0 aromatic carbocycles. The number of carbonyl (C=O) groups excluding carboxylic acids is 1. The summed E-state index contributed by atoms with van der Waals surface area (Å²) in [5.74, 6) is 1.58. The Balaban J connectivity index is 2.01. The molecular formula is C13H20N4O. The van der Waals surface area contributed by atoms with Gasteiger partial charge in [0.25, 0.3) is 5.91 Å². The van der Waals surface area contributed by atoms with Gasteiger partial charge in [-0.1, -0.05) is 19.8 Å². The topological polar surface area (TPSA) is 94.0 Å². The third-order valence-electron chi connectivity index (χ3n) is 3.78. The van der Waals surface area contributed by atoms with Crippen molar-refractivity contribution in [2.75, 3.05) is 17.6 Å². The number of nitrogens with zero attached hydrogens (tertiary/aromatic N) is 1. The van der Waals surface area contributed by atoms with Gasteiger partial charge in [0, 0.05) is 6.54 Å². The van der Waals surface area contributed by atoms with Gasteiger partial charge in [0.15, 0.2) is 0 Å². The molecule has 1 saturated carbocycles. The van der Waals surface area contributed by atoms with E-state index in [1.807, 2.05) is 0 Å². The van der Waals surface area contributed by atoms with Gasteiger partial charge in [-0.15, -0.1) is 0 Å². The fourth-order valence-electron chi connectivity index (χ4n) is 2.54. The average molecular weight is 248 g/mol. The van der Waals surface area contributed by atoms with E-state index in [0.717, 1.165) is 12.5 Å². The van der Waals surface area contributed by atoms with Crippen molar-refractivity contribution < 1.29 is 4.79 Å². The van der Waals surface area contributed by atoms with Gasteiger partial charge < -0.3 is 16.8 Å². The number of hydrogen-bond donors (Lipinski definition) is 3. The van der Waals surface area contributed by atoms with E-state index in [2.05, 4.69) is 17.2 Å². The highest BCUT2D eigenvalue weighted by Gasteiger charge is 2.23. The van der Waals surface area contributed by atoms with Gasteiger partial charge in [-0.3, -0.25) is 4.79 Å². The minimum atomic E-state index is -0.521.